The van der Waals surface area contributed by atoms with Crippen LogP contribution >= 0.6 is 0 Å². The van der Waals surface area contributed by atoms with Gasteiger partial charge in [-0.1, -0.05) is 66.2 Å². The topological polar surface area (TPSA) is 20.2 Å². The zero-order chi connectivity index (χ0) is 12.4. The van der Waals surface area contributed by atoms with Crippen LogP contribution in [0.3, 0.4) is 0 Å². The maximum atomic E-state index is 9.78. The van der Waals surface area contributed by atoms with E-state index in [2.05, 4.69) is 27.7 Å². The van der Waals surface area contributed by atoms with Crippen molar-refractivity contribution < 1.29 is 5.11 Å². The first-order chi connectivity index (χ1) is 7.52. The Labute approximate surface area is 103 Å². The van der Waals surface area contributed by atoms with Crippen LogP contribution in [-0.4, -0.2) is 11.2 Å². The highest BCUT2D eigenvalue weighted by atomic mass is 16.3. The summed E-state index contributed by atoms with van der Waals surface area (Å²) in [6, 6.07) is 0. The Balaban J connectivity index is 3.21. The van der Waals surface area contributed by atoms with Crippen LogP contribution in [0.5, 0.6) is 0 Å². The second-order valence-corrected chi connectivity index (χ2v) is 6.01. The van der Waals surface area contributed by atoms with Crippen molar-refractivity contribution in [2.45, 2.75) is 85.2 Å². The van der Waals surface area contributed by atoms with Crippen molar-refractivity contribution in [3.8, 4) is 0 Å². The summed E-state index contributed by atoms with van der Waals surface area (Å²) in [5.74, 6) is 1.62. The predicted octanol–water partition coefficient (Wildman–Crippen LogP) is 4.78. The van der Waals surface area contributed by atoms with Crippen molar-refractivity contribution in [2.24, 2.45) is 11.8 Å². The van der Waals surface area contributed by atoms with Crippen LogP contribution in [-0.2, 0) is 0 Å². The Morgan fingerprint density at radius 1 is 0.625 bits per heavy atom. The van der Waals surface area contributed by atoms with Crippen molar-refractivity contribution in [2.75, 3.05) is 0 Å². The molecule has 16 heavy (non-hydrogen) atoms. The van der Waals surface area contributed by atoms with Crippen LogP contribution in [0.1, 0.15) is 79.1 Å². The van der Waals surface area contributed by atoms with Gasteiger partial charge in [-0.2, -0.15) is 0 Å². The van der Waals surface area contributed by atoms with E-state index in [1.807, 2.05) is 0 Å². The van der Waals surface area contributed by atoms with Gasteiger partial charge in [-0.15, -0.1) is 0 Å². The van der Waals surface area contributed by atoms with Crippen molar-refractivity contribution in [1.29, 1.82) is 0 Å². The molecule has 0 saturated carbocycles. The van der Waals surface area contributed by atoms with Gasteiger partial charge in [-0.25, -0.2) is 0 Å². The highest BCUT2D eigenvalue weighted by Crippen LogP contribution is 2.14. The number of hydrogen-bond acceptors (Lipinski definition) is 1. The second-order valence-electron chi connectivity index (χ2n) is 6.01. The molecule has 0 unspecified atom stereocenters. The van der Waals surface area contributed by atoms with E-state index in [9.17, 15) is 5.11 Å². The Bertz CT molecular complexity index is 124. The lowest BCUT2D eigenvalue weighted by Gasteiger charge is -2.11. The summed E-state index contributed by atoms with van der Waals surface area (Å²) in [7, 11) is 0. The molecule has 0 amide bonds. The first kappa shape index (κ1) is 16.0. The third-order valence-electron chi connectivity index (χ3n) is 3.14. The normalized spacial score (nSPS) is 12.0. The van der Waals surface area contributed by atoms with Gasteiger partial charge >= 0.3 is 0 Å². The third-order valence-corrected chi connectivity index (χ3v) is 3.14. The molecule has 98 valence electrons. The zero-order valence-electron chi connectivity index (χ0n) is 11.8. The van der Waals surface area contributed by atoms with Gasteiger partial charge in [-0.3, -0.25) is 0 Å². The molecule has 1 heteroatoms. The first-order valence-corrected chi connectivity index (χ1v) is 7.20. The van der Waals surface area contributed by atoms with E-state index in [0.29, 0.717) is 0 Å². The van der Waals surface area contributed by atoms with Crippen molar-refractivity contribution in [3.05, 3.63) is 0 Å². The third kappa shape index (κ3) is 12.0. The molecule has 0 atom stereocenters. The molecular formula is C15H32O. The number of hydrogen-bond donors (Lipinski definition) is 1. The molecule has 1 nitrogen and oxygen atoms in total. The van der Waals surface area contributed by atoms with Crippen molar-refractivity contribution >= 4 is 0 Å². The fourth-order valence-electron chi connectivity index (χ4n) is 2.01. The van der Waals surface area contributed by atoms with Gasteiger partial charge in [0.2, 0.25) is 0 Å². The molecule has 0 spiro atoms. The average Bonchev–Trinajstić information content (AvgIpc) is 2.19. The fraction of sp³-hybridized carbons (Fsp3) is 1.00. The molecule has 0 fully saturated rings. The molecule has 0 aliphatic carbocycles. The molecule has 0 aromatic carbocycles. The Hall–Kier alpha value is -0.0400. The van der Waals surface area contributed by atoms with E-state index < -0.39 is 0 Å². The molecule has 0 heterocycles. The smallest absolute Gasteiger partial charge is 0.0540 e. The molecule has 0 rings (SSSR count). The van der Waals surface area contributed by atoms with Gasteiger partial charge in [0.25, 0.3) is 0 Å². The maximum Gasteiger partial charge on any atom is 0.0540 e. The van der Waals surface area contributed by atoms with Crippen molar-refractivity contribution in [1.82, 2.24) is 0 Å². The van der Waals surface area contributed by atoms with Gasteiger partial charge < -0.3 is 5.11 Å². The lowest BCUT2D eigenvalue weighted by molar-refractivity contribution is 0.146. The van der Waals surface area contributed by atoms with E-state index in [4.69, 9.17) is 0 Å². The maximum absolute atomic E-state index is 9.78. The molecule has 1 N–H and O–H groups in total. The first-order valence-electron chi connectivity index (χ1n) is 7.20. The van der Waals surface area contributed by atoms with Gasteiger partial charge in [0.1, 0.15) is 0 Å². The van der Waals surface area contributed by atoms with Gasteiger partial charge in [0.05, 0.1) is 6.10 Å². The number of rotatable bonds is 10. The molecule has 0 aromatic rings. The van der Waals surface area contributed by atoms with Crippen LogP contribution < -0.4 is 0 Å². The minimum Gasteiger partial charge on any atom is -0.393 e. The molecular weight excluding hydrogens is 196 g/mol. The van der Waals surface area contributed by atoms with E-state index in [1.165, 1.54) is 38.5 Å². The van der Waals surface area contributed by atoms with Crippen LogP contribution in [0.15, 0.2) is 0 Å². The highest BCUT2D eigenvalue weighted by Gasteiger charge is 2.04. The minimum absolute atomic E-state index is 0.0423. The highest BCUT2D eigenvalue weighted by molar-refractivity contribution is 4.58. The number of aliphatic hydroxyl groups excluding tert-OH is 1. The molecule has 0 bridgehead atoms. The fourth-order valence-corrected chi connectivity index (χ4v) is 2.01. The summed E-state index contributed by atoms with van der Waals surface area (Å²) in [6.45, 7) is 9.06. The lowest BCUT2D eigenvalue weighted by atomic mass is 10.00. The number of unbranched alkanes of at least 4 members (excludes halogenated alkanes) is 2. The van der Waals surface area contributed by atoms with Gasteiger partial charge in [0.15, 0.2) is 0 Å². The summed E-state index contributed by atoms with van der Waals surface area (Å²) in [5.41, 5.74) is 0. The van der Waals surface area contributed by atoms with E-state index in [0.717, 1.165) is 24.7 Å². The summed E-state index contributed by atoms with van der Waals surface area (Å²) in [5, 5.41) is 9.78. The summed E-state index contributed by atoms with van der Waals surface area (Å²) < 4.78 is 0. The second kappa shape index (κ2) is 10.1. The Kier molecular flexibility index (Phi) is 10.1. The molecule has 0 aliphatic rings. The quantitative estimate of drug-likeness (QED) is 0.533. The van der Waals surface area contributed by atoms with Crippen LogP contribution in [0.4, 0.5) is 0 Å². The molecule has 0 aliphatic heterocycles. The SMILES string of the molecule is CC(C)CCCCC(O)CCCCC(C)C. The molecule has 0 aromatic heterocycles. The summed E-state index contributed by atoms with van der Waals surface area (Å²) in [4.78, 5) is 0. The van der Waals surface area contributed by atoms with Gasteiger partial charge in [-0.05, 0) is 24.7 Å². The largest absolute Gasteiger partial charge is 0.393 e. The molecule has 0 saturated heterocycles. The predicted molar refractivity (Wildman–Crippen MR) is 72.6 cm³/mol. The summed E-state index contributed by atoms with van der Waals surface area (Å²) >= 11 is 0. The number of aliphatic hydroxyl groups is 1. The van der Waals surface area contributed by atoms with Gasteiger partial charge in [0, 0.05) is 0 Å². The Morgan fingerprint density at radius 3 is 1.25 bits per heavy atom. The summed E-state index contributed by atoms with van der Waals surface area (Å²) in [6.07, 6.45) is 9.54. The lowest BCUT2D eigenvalue weighted by Crippen LogP contribution is -2.06. The van der Waals surface area contributed by atoms with Crippen LogP contribution in [0.25, 0.3) is 0 Å². The van der Waals surface area contributed by atoms with E-state index >= 15 is 0 Å². The van der Waals surface area contributed by atoms with Crippen LogP contribution in [0, 0.1) is 11.8 Å². The molecule has 0 radical (unpaired) electrons. The van der Waals surface area contributed by atoms with E-state index in [-0.39, 0.29) is 6.10 Å². The standard InChI is InChI=1S/C15H32O/c1-13(2)9-5-7-11-15(16)12-8-6-10-14(3)4/h13-16H,5-12H2,1-4H3. The monoisotopic (exact) mass is 228 g/mol. The van der Waals surface area contributed by atoms with Crippen LogP contribution in [0.2, 0.25) is 0 Å². The van der Waals surface area contributed by atoms with E-state index in [1.54, 1.807) is 0 Å². The van der Waals surface area contributed by atoms with Crippen molar-refractivity contribution in [3.63, 3.8) is 0 Å². The Morgan fingerprint density at radius 2 is 0.938 bits per heavy atom. The average molecular weight is 228 g/mol. The zero-order valence-corrected chi connectivity index (χ0v) is 11.8. The minimum atomic E-state index is -0.0423.